The molecule has 0 saturated carbocycles. The average molecular weight is 192 g/mol. The molecule has 0 aliphatic heterocycles. The smallest absolute Gasteiger partial charge is 0.138 e. The molecule has 4 heteroatoms. The lowest BCUT2D eigenvalue weighted by Gasteiger charge is -1.88. The molecular weight excluding hydrogens is 186 g/mol. The number of aromatic nitrogens is 2. The fraction of sp³-hybridized carbons (Fsp3) is 0.111. The van der Waals surface area contributed by atoms with Crippen molar-refractivity contribution in [2.24, 2.45) is 0 Å². The number of hydrogen-bond acceptors (Lipinski definition) is 2. The summed E-state index contributed by atoms with van der Waals surface area (Å²) in [4.78, 5) is 7.12. The first kappa shape index (κ1) is 8.09. The Bertz CT molecular complexity index is 481. The number of nitriles is 1. The Hall–Kier alpha value is -1.53. The number of rotatable bonds is 1. The highest BCUT2D eigenvalue weighted by Gasteiger charge is 2.04. The van der Waals surface area contributed by atoms with Gasteiger partial charge in [-0.2, -0.15) is 5.26 Å². The van der Waals surface area contributed by atoms with Gasteiger partial charge in [0.2, 0.25) is 0 Å². The van der Waals surface area contributed by atoms with Gasteiger partial charge in [0.15, 0.2) is 0 Å². The second-order valence-electron chi connectivity index (χ2n) is 2.66. The Morgan fingerprint density at radius 2 is 2.46 bits per heavy atom. The molecule has 0 aliphatic rings. The Morgan fingerprint density at radius 3 is 3.15 bits per heavy atom. The van der Waals surface area contributed by atoms with Crippen LogP contribution in [0.2, 0.25) is 0 Å². The van der Waals surface area contributed by atoms with Crippen molar-refractivity contribution < 1.29 is 0 Å². The monoisotopic (exact) mass is 191 g/mol. The van der Waals surface area contributed by atoms with Gasteiger partial charge in [0.25, 0.3) is 0 Å². The maximum absolute atomic E-state index is 8.79. The zero-order valence-corrected chi connectivity index (χ0v) is 7.47. The van der Waals surface area contributed by atoms with Gasteiger partial charge in [-0.05, 0) is 12.1 Å². The third kappa shape index (κ3) is 1.25. The molecule has 0 atom stereocenters. The van der Waals surface area contributed by atoms with E-state index in [1.54, 1.807) is 12.3 Å². The van der Waals surface area contributed by atoms with Gasteiger partial charge < -0.3 is 4.98 Å². The van der Waals surface area contributed by atoms with Crippen molar-refractivity contribution >= 4 is 22.6 Å². The zero-order valence-electron chi connectivity index (χ0n) is 6.71. The van der Waals surface area contributed by atoms with E-state index in [9.17, 15) is 0 Å². The lowest BCUT2D eigenvalue weighted by molar-refractivity contribution is 1.22. The van der Waals surface area contributed by atoms with Gasteiger partial charge in [-0.15, -0.1) is 11.6 Å². The van der Waals surface area contributed by atoms with Gasteiger partial charge in [-0.3, -0.25) is 0 Å². The van der Waals surface area contributed by atoms with Crippen LogP contribution >= 0.6 is 11.6 Å². The average Bonchev–Trinajstić information content (AvgIpc) is 2.59. The standard InChI is InChI=1S/C9H6ClN3/c10-4-7-3-8-6(5-11)1-2-12-9(8)13-7/h1-3H,4H2,(H,12,13). The first-order chi connectivity index (χ1) is 6.35. The summed E-state index contributed by atoms with van der Waals surface area (Å²) in [5.41, 5.74) is 2.22. The van der Waals surface area contributed by atoms with E-state index in [2.05, 4.69) is 16.0 Å². The molecule has 13 heavy (non-hydrogen) atoms. The molecule has 0 aromatic carbocycles. The maximum Gasteiger partial charge on any atom is 0.138 e. The minimum Gasteiger partial charge on any atom is -0.342 e. The summed E-state index contributed by atoms with van der Waals surface area (Å²) in [5, 5.41) is 9.63. The quantitative estimate of drug-likeness (QED) is 0.703. The highest BCUT2D eigenvalue weighted by molar-refractivity contribution is 6.17. The van der Waals surface area contributed by atoms with E-state index in [1.165, 1.54) is 0 Å². The summed E-state index contributed by atoms with van der Waals surface area (Å²) in [6.07, 6.45) is 1.61. The largest absolute Gasteiger partial charge is 0.342 e. The molecule has 1 N–H and O–H groups in total. The maximum atomic E-state index is 8.79. The lowest BCUT2D eigenvalue weighted by Crippen LogP contribution is -1.79. The Kier molecular flexibility index (Phi) is 1.91. The summed E-state index contributed by atoms with van der Waals surface area (Å²) >= 11 is 5.65. The summed E-state index contributed by atoms with van der Waals surface area (Å²) in [6, 6.07) is 5.65. The van der Waals surface area contributed by atoms with Crippen molar-refractivity contribution in [2.75, 3.05) is 0 Å². The van der Waals surface area contributed by atoms with Crippen molar-refractivity contribution in [3.05, 3.63) is 29.6 Å². The molecule has 2 aromatic rings. The van der Waals surface area contributed by atoms with Gasteiger partial charge >= 0.3 is 0 Å². The van der Waals surface area contributed by atoms with E-state index in [1.807, 2.05) is 6.07 Å². The number of hydrogen-bond donors (Lipinski definition) is 1. The molecule has 2 rings (SSSR count). The first-order valence-corrected chi connectivity index (χ1v) is 4.31. The predicted octanol–water partition coefficient (Wildman–Crippen LogP) is 2.17. The summed E-state index contributed by atoms with van der Waals surface area (Å²) in [5.74, 6) is 0.404. The van der Waals surface area contributed by atoms with Crippen LogP contribution in [0.3, 0.4) is 0 Å². The fourth-order valence-electron chi connectivity index (χ4n) is 1.25. The minimum atomic E-state index is 0.404. The number of H-pyrrole nitrogens is 1. The van der Waals surface area contributed by atoms with Gasteiger partial charge in [0, 0.05) is 17.3 Å². The van der Waals surface area contributed by atoms with Crippen LogP contribution in [0.15, 0.2) is 18.3 Å². The Labute approximate surface area is 80.0 Å². The molecule has 0 radical (unpaired) electrons. The number of alkyl halides is 1. The number of aromatic amines is 1. The van der Waals surface area contributed by atoms with E-state index >= 15 is 0 Å². The first-order valence-electron chi connectivity index (χ1n) is 3.78. The van der Waals surface area contributed by atoms with Crippen LogP contribution in [0.5, 0.6) is 0 Å². The zero-order chi connectivity index (χ0) is 9.26. The molecule has 0 unspecified atom stereocenters. The van der Waals surface area contributed by atoms with Gasteiger partial charge in [0.05, 0.1) is 17.5 Å². The highest BCUT2D eigenvalue weighted by Crippen LogP contribution is 2.17. The second-order valence-corrected chi connectivity index (χ2v) is 2.93. The van der Waals surface area contributed by atoms with Gasteiger partial charge in [0.1, 0.15) is 5.65 Å². The lowest BCUT2D eigenvalue weighted by atomic mass is 10.2. The molecule has 0 saturated heterocycles. The number of halogens is 1. The van der Waals surface area contributed by atoms with Crippen LogP contribution in [-0.2, 0) is 5.88 Å². The molecule has 64 valence electrons. The molecule has 0 amide bonds. The fourth-order valence-corrected chi connectivity index (χ4v) is 1.39. The molecule has 0 bridgehead atoms. The molecular formula is C9H6ClN3. The van der Waals surface area contributed by atoms with E-state index < -0.39 is 0 Å². The number of fused-ring (bicyclic) bond motifs is 1. The van der Waals surface area contributed by atoms with Crippen LogP contribution in [0.25, 0.3) is 11.0 Å². The normalized spacial score (nSPS) is 10.2. The minimum absolute atomic E-state index is 0.404. The summed E-state index contributed by atoms with van der Waals surface area (Å²) in [7, 11) is 0. The SMILES string of the molecule is N#Cc1ccnc2[nH]c(CCl)cc12. The Balaban J connectivity index is 2.76. The summed E-state index contributed by atoms with van der Waals surface area (Å²) < 4.78 is 0. The molecule has 0 fully saturated rings. The molecule has 2 heterocycles. The van der Waals surface area contributed by atoms with Gasteiger partial charge in [-0.1, -0.05) is 0 Å². The van der Waals surface area contributed by atoms with Crippen molar-refractivity contribution in [3.8, 4) is 6.07 Å². The topological polar surface area (TPSA) is 52.5 Å². The summed E-state index contributed by atoms with van der Waals surface area (Å²) in [6.45, 7) is 0. The highest BCUT2D eigenvalue weighted by atomic mass is 35.5. The molecule has 3 nitrogen and oxygen atoms in total. The number of pyridine rings is 1. The van der Waals surface area contributed by atoms with Crippen molar-refractivity contribution in [3.63, 3.8) is 0 Å². The van der Waals surface area contributed by atoms with Crippen molar-refractivity contribution in [2.45, 2.75) is 5.88 Å². The van der Waals surface area contributed by atoms with Gasteiger partial charge in [-0.25, -0.2) is 4.98 Å². The predicted molar refractivity (Wildman–Crippen MR) is 50.4 cm³/mol. The van der Waals surface area contributed by atoms with Crippen LogP contribution in [0.1, 0.15) is 11.3 Å². The van der Waals surface area contributed by atoms with E-state index in [0.29, 0.717) is 11.4 Å². The van der Waals surface area contributed by atoms with Crippen LogP contribution in [0, 0.1) is 11.3 Å². The Morgan fingerprint density at radius 1 is 1.62 bits per heavy atom. The van der Waals surface area contributed by atoms with E-state index in [0.717, 1.165) is 16.7 Å². The molecule has 0 spiro atoms. The second kappa shape index (κ2) is 3.08. The van der Waals surface area contributed by atoms with Crippen LogP contribution < -0.4 is 0 Å². The molecule has 2 aromatic heterocycles. The van der Waals surface area contributed by atoms with Crippen molar-refractivity contribution in [1.29, 1.82) is 5.26 Å². The van der Waals surface area contributed by atoms with Crippen LogP contribution in [-0.4, -0.2) is 9.97 Å². The van der Waals surface area contributed by atoms with Crippen molar-refractivity contribution in [1.82, 2.24) is 9.97 Å². The molecule has 0 aliphatic carbocycles. The van der Waals surface area contributed by atoms with Crippen LogP contribution in [0.4, 0.5) is 0 Å². The number of nitrogens with zero attached hydrogens (tertiary/aromatic N) is 2. The van der Waals surface area contributed by atoms with E-state index in [-0.39, 0.29) is 0 Å². The number of nitrogens with one attached hydrogen (secondary N) is 1. The third-order valence-corrected chi connectivity index (χ3v) is 2.14. The third-order valence-electron chi connectivity index (χ3n) is 1.85. The van der Waals surface area contributed by atoms with E-state index in [4.69, 9.17) is 16.9 Å².